The van der Waals surface area contributed by atoms with E-state index in [1.54, 1.807) is 28.8 Å². The number of thioether (sulfide) groups is 1. The van der Waals surface area contributed by atoms with E-state index in [0.29, 0.717) is 16.3 Å². The normalized spacial score (nSPS) is 10.5. The highest BCUT2D eigenvalue weighted by molar-refractivity contribution is 9.10. The van der Waals surface area contributed by atoms with Crippen molar-refractivity contribution >= 4 is 67.4 Å². The zero-order chi connectivity index (χ0) is 19.5. The minimum Gasteiger partial charge on any atom is -0.293 e. The largest absolute Gasteiger partial charge is 0.293 e. The molecular formula is C22H16Br2N2O2S. The number of Topliss-reactive ketones (excluding diaryl/α,β-unsaturated/α-hetero) is 1. The number of benzene rings is 3. The monoisotopic (exact) mass is 530 g/mol. The van der Waals surface area contributed by atoms with Crippen molar-refractivity contribution in [3.05, 3.63) is 94.5 Å². The van der Waals surface area contributed by atoms with Gasteiger partial charge in [0.15, 0.2) is 10.9 Å². The van der Waals surface area contributed by atoms with E-state index in [0.717, 1.165) is 15.5 Å². The molecule has 0 saturated heterocycles. The van der Waals surface area contributed by atoms with E-state index < -0.39 is 0 Å². The Labute approximate surface area is 191 Å². The summed E-state index contributed by atoms with van der Waals surface area (Å²) in [5.41, 5.74) is 2.66. The van der Waals surface area contributed by atoms with E-state index in [1.807, 2.05) is 54.6 Å². The quantitative estimate of drug-likeness (QED) is 0.233. The van der Waals surface area contributed by atoms with Gasteiger partial charge in [0, 0.05) is 15.6 Å². The van der Waals surface area contributed by atoms with E-state index in [1.165, 1.54) is 11.8 Å². The summed E-state index contributed by atoms with van der Waals surface area (Å²) in [6.07, 6.45) is 0. The number of carbonyl (C=O) groups is 2. The second-order valence-electron chi connectivity index (χ2n) is 6.11. The molecule has 0 bridgehead atoms. The second kappa shape index (κ2) is 9.52. The van der Waals surface area contributed by atoms with Crippen molar-refractivity contribution in [2.45, 2.75) is 5.16 Å². The molecule has 0 fully saturated rings. The lowest BCUT2D eigenvalue weighted by molar-refractivity contribution is 0.0953. The Kier molecular flexibility index (Phi) is 7.05. The van der Waals surface area contributed by atoms with Gasteiger partial charge in [0.25, 0.3) is 5.91 Å². The maximum atomic E-state index is 13.2. The predicted octanol–water partition coefficient (Wildman–Crippen LogP) is 6.04. The minimum absolute atomic E-state index is 0. The van der Waals surface area contributed by atoms with E-state index in [2.05, 4.69) is 20.9 Å². The van der Waals surface area contributed by atoms with Crippen LogP contribution in [0.15, 0.2) is 88.5 Å². The van der Waals surface area contributed by atoms with Gasteiger partial charge in [-0.15, -0.1) is 17.0 Å². The van der Waals surface area contributed by atoms with Gasteiger partial charge in [-0.2, -0.15) is 0 Å². The van der Waals surface area contributed by atoms with Crippen LogP contribution >= 0.6 is 44.7 Å². The molecule has 0 amide bonds. The Balaban J connectivity index is 0.00000240. The van der Waals surface area contributed by atoms with Crippen molar-refractivity contribution in [2.24, 2.45) is 0 Å². The van der Waals surface area contributed by atoms with Gasteiger partial charge in [-0.25, -0.2) is 4.98 Å². The van der Waals surface area contributed by atoms with Crippen molar-refractivity contribution in [2.75, 3.05) is 5.75 Å². The van der Waals surface area contributed by atoms with Gasteiger partial charge in [-0.1, -0.05) is 70.2 Å². The lowest BCUT2D eigenvalue weighted by Crippen LogP contribution is -2.14. The van der Waals surface area contributed by atoms with Crippen molar-refractivity contribution in [1.82, 2.24) is 9.55 Å². The number of fused-ring (bicyclic) bond motifs is 1. The third-order valence-corrected chi connectivity index (χ3v) is 5.72. The van der Waals surface area contributed by atoms with Gasteiger partial charge < -0.3 is 0 Å². The average Bonchev–Trinajstić information content (AvgIpc) is 3.11. The SMILES string of the molecule is Br.O=C(CSc1nc2ccccc2n1C(=O)c1ccc(Br)cc1)c1ccccc1. The number of ketones is 1. The Hall–Kier alpha value is -2.22. The summed E-state index contributed by atoms with van der Waals surface area (Å²) in [4.78, 5) is 30.2. The topological polar surface area (TPSA) is 52.0 Å². The summed E-state index contributed by atoms with van der Waals surface area (Å²) >= 11 is 4.66. The number of nitrogens with zero attached hydrogens (tertiary/aromatic N) is 2. The molecule has 0 N–H and O–H groups in total. The highest BCUT2D eigenvalue weighted by Crippen LogP contribution is 2.26. The number of para-hydroxylation sites is 2. The van der Waals surface area contributed by atoms with Gasteiger partial charge in [0.1, 0.15) is 0 Å². The molecule has 146 valence electrons. The van der Waals surface area contributed by atoms with Crippen LogP contribution in [0.2, 0.25) is 0 Å². The number of carbonyl (C=O) groups excluding carboxylic acids is 2. The molecule has 4 aromatic rings. The van der Waals surface area contributed by atoms with Crippen LogP contribution in [-0.2, 0) is 0 Å². The third-order valence-electron chi connectivity index (χ3n) is 4.25. The van der Waals surface area contributed by atoms with Gasteiger partial charge >= 0.3 is 0 Å². The van der Waals surface area contributed by atoms with Crippen molar-refractivity contribution in [3.8, 4) is 0 Å². The van der Waals surface area contributed by atoms with E-state index >= 15 is 0 Å². The molecular weight excluding hydrogens is 516 g/mol. The van der Waals surface area contributed by atoms with E-state index in [9.17, 15) is 9.59 Å². The van der Waals surface area contributed by atoms with Crippen LogP contribution in [0.3, 0.4) is 0 Å². The molecule has 0 radical (unpaired) electrons. The molecule has 29 heavy (non-hydrogen) atoms. The summed E-state index contributed by atoms with van der Waals surface area (Å²) in [5.74, 6) is 0.0391. The first-order chi connectivity index (χ1) is 13.6. The molecule has 0 unspecified atom stereocenters. The molecule has 1 aromatic heterocycles. The maximum absolute atomic E-state index is 13.2. The number of hydrogen-bond donors (Lipinski definition) is 0. The molecule has 0 saturated carbocycles. The molecule has 0 aliphatic carbocycles. The fourth-order valence-corrected chi connectivity index (χ4v) is 4.02. The highest BCUT2D eigenvalue weighted by Gasteiger charge is 2.19. The third kappa shape index (κ3) is 4.69. The Bertz CT molecular complexity index is 1160. The Morgan fingerprint density at radius 3 is 2.24 bits per heavy atom. The maximum Gasteiger partial charge on any atom is 0.264 e. The van der Waals surface area contributed by atoms with Crippen molar-refractivity contribution < 1.29 is 9.59 Å². The summed E-state index contributed by atoms with van der Waals surface area (Å²) in [7, 11) is 0. The molecule has 7 heteroatoms. The van der Waals surface area contributed by atoms with Gasteiger partial charge in [0.05, 0.1) is 16.8 Å². The minimum atomic E-state index is -0.170. The van der Waals surface area contributed by atoms with Crippen LogP contribution in [-0.4, -0.2) is 27.0 Å². The molecule has 3 aromatic carbocycles. The number of rotatable bonds is 5. The van der Waals surface area contributed by atoms with Crippen LogP contribution < -0.4 is 0 Å². The van der Waals surface area contributed by atoms with E-state index in [-0.39, 0.29) is 34.4 Å². The highest BCUT2D eigenvalue weighted by atomic mass is 79.9. The summed E-state index contributed by atoms with van der Waals surface area (Å²) < 4.78 is 2.49. The first-order valence-electron chi connectivity index (χ1n) is 8.62. The number of halogens is 2. The van der Waals surface area contributed by atoms with Crippen LogP contribution in [0.1, 0.15) is 20.7 Å². The van der Waals surface area contributed by atoms with Crippen molar-refractivity contribution in [3.63, 3.8) is 0 Å². The van der Waals surface area contributed by atoms with Crippen LogP contribution in [0.25, 0.3) is 11.0 Å². The summed E-state index contributed by atoms with van der Waals surface area (Å²) in [6.45, 7) is 0. The van der Waals surface area contributed by atoms with Gasteiger partial charge in [0.2, 0.25) is 0 Å². The molecule has 4 rings (SSSR count). The number of hydrogen-bond acceptors (Lipinski definition) is 4. The molecule has 0 spiro atoms. The predicted molar refractivity (Wildman–Crippen MR) is 125 cm³/mol. The van der Waals surface area contributed by atoms with Crippen molar-refractivity contribution in [1.29, 1.82) is 0 Å². The number of aromatic nitrogens is 2. The van der Waals surface area contributed by atoms with Crippen LogP contribution in [0.4, 0.5) is 0 Å². The summed E-state index contributed by atoms with van der Waals surface area (Å²) in [5, 5.41) is 0.512. The zero-order valence-electron chi connectivity index (χ0n) is 15.1. The molecule has 0 atom stereocenters. The molecule has 0 aliphatic heterocycles. The van der Waals surface area contributed by atoms with Crippen LogP contribution in [0.5, 0.6) is 0 Å². The van der Waals surface area contributed by atoms with E-state index in [4.69, 9.17) is 0 Å². The zero-order valence-corrected chi connectivity index (χ0v) is 19.2. The number of imidazole rings is 1. The second-order valence-corrected chi connectivity index (χ2v) is 7.97. The first kappa shape index (κ1) is 21.5. The fraction of sp³-hybridized carbons (Fsp3) is 0.0455. The molecule has 4 nitrogen and oxygen atoms in total. The molecule has 1 heterocycles. The van der Waals surface area contributed by atoms with Gasteiger partial charge in [-0.3, -0.25) is 14.2 Å². The molecule has 0 aliphatic rings. The smallest absolute Gasteiger partial charge is 0.264 e. The average molecular weight is 532 g/mol. The lowest BCUT2D eigenvalue weighted by Gasteiger charge is -2.08. The van der Waals surface area contributed by atoms with Crippen LogP contribution in [0, 0.1) is 0 Å². The van der Waals surface area contributed by atoms with Gasteiger partial charge in [-0.05, 0) is 36.4 Å². The standard InChI is InChI=1S/C22H15BrN2O2S.BrH/c23-17-12-10-16(11-13-17)21(27)25-19-9-5-4-8-18(19)24-22(25)28-14-20(26)15-6-2-1-3-7-15;/h1-13H,14H2;1H. The lowest BCUT2D eigenvalue weighted by atomic mass is 10.2. The Morgan fingerprint density at radius 2 is 1.52 bits per heavy atom. The summed E-state index contributed by atoms with van der Waals surface area (Å²) in [6, 6.07) is 23.8. The Morgan fingerprint density at radius 1 is 0.862 bits per heavy atom. The fourth-order valence-electron chi connectivity index (χ4n) is 2.86. The first-order valence-corrected chi connectivity index (χ1v) is 10.4.